The zero-order valence-corrected chi connectivity index (χ0v) is 6.88. The average molecular weight is 167 g/mol. The third kappa shape index (κ3) is 1.37. The molecule has 64 valence electrons. The highest BCUT2D eigenvalue weighted by Crippen LogP contribution is 2.00. The van der Waals surface area contributed by atoms with Gasteiger partial charge in [-0.2, -0.15) is 0 Å². The highest BCUT2D eigenvalue weighted by atomic mass is 16.3. The molecule has 0 atom stereocenters. The highest BCUT2D eigenvalue weighted by molar-refractivity contribution is 5.92. The Morgan fingerprint density at radius 2 is 2.25 bits per heavy atom. The lowest BCUT2D eigenvalue weighted by molar-refractivity contribution is 0.0932. The van der Waals surface area contributed by atoms with E-state index in [4.69, 9.17) is 4.42 Å². The van der Waals surface area contributed by atoms with Gasteiger partial charge in [-0.15, -0.1) is 0 Å². The Labute approximate surface area is 69.2 Å². The quantitative estimate of drug-likeness (QED) is 0.654. The molecule has 1 rings (SSSR count). The molecule has 0 saturated carbocycles. The van der Waals surface area contributed by atoms with Crippen LogP contribution in [0.2, 0.25) is 0 Å². The Kier molecular flexibility index (Phi) is 2.28. The lowest BCUT2D eigenvalue weighted by Crippen LogP contribution is -2.21. The molecule has 1 aromatic heterocycles. The predicted molar refractivity (Wildman–Crippen MR) is 43.1 cm³/mol. The summed E-state index contributed by atoms with van der Waals surface area (Å²) in [5.74, 6) is -0.310. The molecule has 0 saturated heterocycles. The van der Waals surface area contributed by atoms with E-state index in [-0.39, 0.29) is 17.1 Å². The van der Waals surface area contributed by atoms with E-state index in [0.717, 1.165) is 0 Å². The summed E-state index contributed by atoms with van der Waals surface area (Å²) in [7, 11) is 1.48. The number of hydrogen-bond acceptors (Lipinski definition) is 3. The van der Waals surface area contributed by atoms with Gasteiger partial charge in [0.15, 0.2) is 11.2 Å². The van der Waals surface area contributed by atoms with Crippen LogP contribution in [0.15, 0.2) is 21.5 Å². The van der Waals surface area contributed by atoms with Crippen LogP contribution in [0.25, 0.3) is 0 Å². The zero-order valence-electron chi connectivity index (χ0n) is 6.88. The first kappa shape index (κ1) is 8.52. The molecule has 12 heavy (non-hydrogen) atoms. The number of carbonyl (C=O) groups is 1. The second-order valence-electron chi connectivity index (χ2n) is 2.32. The Balaban J connectivity index is 3.26. The van der Waals surface area contributed by atoms with Gasteiger partial charge in [-0.25, -0.2) is 0 Å². The smallest absolute Gasteiger partial charge is 0.287 e. The minimum atomic E-state index is -0.384. The summed E-state index contributed by atoms with van der Waals surface area (Å²) in [4.78, 5) is 22.1. The van der Waals surface area contributed by atoms with Crippen molar-refractivity contribution in [1.29, 1.82) is 0 Å². The van der Waals surface area contributed by atoms with E-state index in [1.165, 1.54) is 19.4 Å². The molecular formula is C8H9NO3. The van der Waals surface area contributed by atoms with Crippen LogP contribution in [0.4, 0.5) is 0 Å². The molecule has 0 aromatic carbocycles. The second kappa shape index (κ2) is 3.21. The van der Waals surface area contributed by atoms with Crippen molar-refractivity contribution in [2.45, 2.75) is 6.92 Å². The van der Waals surface area contributed by atoms with E-state index < -0.39 is 0 Å². The number of amides is 1. The zero-order chi connectivity index (χ0) is 9.14. The molecule has 1 N–H and O–H groups in total. The van der Waals surface area contributed by atoms with Gasteiger partial charge in [-0.05, 0) is 6.92 Å². The fourth-order valence-corrected chi connectivity index (χ4v) is 0.826. The Morgan fingerprint density at radius 3 is 2.83 bits per heavy atom. The van der Waals surface area contributed by atoms with Crippen molar-refractivity contribution in [3.05, 3.63) is 33.9 Å². The molecule has 1 heterocycles. The van der Waals surface area contributed by atoms with Gasteiger partial charge in [0.1, 0.15) is 0 Å². The van der Waals surface area contributed by atoms with Crippen molar-refractivity contribution in [1.82, 2.24) is 5.32 Å². The van der Waals surface area contributed by atoms with Crippen LogP contribution >= 0.6 is 0 Å². The van der Waals surface area contributed by atoms with Crippen molar-refractivity contribution >= 4 is 5.91 Å². The molecular weight excluding hydrogens is 158 g/mol. The second-order valence-corrected chi connectivity index (χ2v) is 2.32. The summed E-state index contributed by atoms with van der Waals surface area (Å²) in [6, 6.07) is 1.28. The molecule has 1 amide bonds. The Morgan fingerprint density at radius 1 is 1.58 bits per heavy atom. The Hall–Kier alpha value is -1.58. The van der Waals surface area contributed by atoms with Gasteiger partial charge in [0, 0.05) is 18.7 Å². The van der Waals surface area contributed by atoms with Gasteiger partial charge in [0.2, 0.25) is 0 Å². The van der Waals surface area contributed by atoms with Gasteiger partial charge < -0.3 is 9.73 Å². The van der Waals surface area contributed by atoms with Crippen molar-refractivity contribution in [2.75, 3.05) is 7.05 Å². The summed E-state index contributed by atoms with van der Waals surface area (Å²) in [6.07, 6.45) is 1.21. The van der Waals surface area contributed by atoms with E-state index in [9.17, 15) is 9.59 Å². The third-order valence-corrected chi connectivity index (χ3v) is 1.55. The topological polar surface area (TPSA) is 59.3 Å². The number of hydrogen-bond donors (Lipinski definition) is 1. The normalized spacial score (nSPS) is 9.50. The van der Waals surface area contributed by atoms with Gasteiger partial charge in [-0.1, -0.05) is 0 Å². The van der Waals surface area contributed by atoms with Crippen LogP contribution in [0.3, 0.4) is 0 Å². The summed E-state index contributed by atoms with van der Waals surface area (Å²) in [6.45, 7) is 1.55. The predicted octanol–water partition coefficient (Wildman–Crippen LogP) is 0.308. The summed E-state index contributed by atoms with van der Waals surface area (Å²) < 4.78 is 4.88. The van der Waals surface area contributed by atoms with Crippen LogP contribution in [0, 0.1) is 6.92 Å². The molecule has 0 aliphatic carbocycles. The first-order valence-corrected chi connectivity index (χ1v) is 3.47. The van der Waals surface area contributed by atoms with Crippen LogP contribution in [-0.4, -0.2) is 13.0 Å². The van der Waals surface area contributed by atoms with Gasteiger partial charge in [-0.3, -0.25) is 9.59 Å². The van der Waals surface area contributed by atoms with Crippen molar-refractivity contribution in [3.8, 4) is 0 Å². The van der Waals surface area contributed by atoms with Gasteiger partial charge in [0.05, 0.1) is 6.26 Å². The molecule has 4 heteroatoms. The molecule has 0 aliphatic rings. The van der Waals surface area contributed by atoms with Crippen molar-refractivity contribution in [2.24, 2.45) is 0 Å². The van der Waals surface area contributed by atoms with Crippen LogP contribution in [0.5, 0.6) is 0 Å². The maximum absolute atomic E-state index is 11.0. The van der Waals surface area contributed by atoms with Gasteiger partial charge in [0.25, 0.3) is 5.91 Å². The third-order valence-electron chi connectivity index (χ3n) is 1.55. The first-order chi connectivity index (χ1) is 5.66. The largest absolute Gasteiger partial charge is 0.459 e. The monoisotopic (exact) mass is 167 g/mol. The first-order valence-electron chi connectivity index (χ1n) is 3.47. The molecule has 0 bridgehead atoms. The summed E-state index contributed by atoms with van der Waals surface area (Å²) in [5, 5.41) is 2.38. The average Bonchev–Trinajstić information content (AvgIpc) is 2.08. The fraction of sp³-hybridized carbons (Fsp3) is 0.250. The molecule has 1 aromatic rings. The van der Waals surface area contributed by atoms with E-state index in [1.807, 2.05) is 0 Å². The lowest BCUT2D eigenvalue weighted by atomic mass is 10.2. The number of nitrogens with one attached hydrogen (secondary N) is 1. The lowest BCUT2D eigenvalue weighted by Gasteiger charge is -1.99. The minimum Gasteiger partial charge on any atom is -0.459 e. The molecule has 0 fully saturated rings. The van der Waals surface area contributed by atoms with Crippen molar-refractivity contribution < 1.29 is 9.21 Å². The highest BCUT2D eigenvalue weighted by Gasteiger charge is 2.11. The molecule has 0 aliphatic heterocycles. The molecule has 4 nitrogen and oxygen atoms in total. The summed E-state index contributed by atoms with van der Waals surface area (Å²) >= 11 is 0. The number of carbonyl (C=O) groups excluding carboxylic acids is 1. The van der Waals surface area contributed by atoms with Crippen molar-refractivity contribution in [3.63, 3.8) is 0 Å². The maximum Gasteiger partial charge on any atom is 0.287 e. The fourth-order valence-electron chi connectivity index (χ4n) is 0.826. The standard InChI is InChI=1S/C8H9NO3/c1-5-6(10)3-4-12-7(5)8(11)9-2/h3-4H,1-2H3,(H,9,11). The van der Waals surface area contributed by atoms with E-state index in [0.29, 0.717) is 5.56 Å². The van der Waals surface area contributed by atoms with Crippen LogP contribution < -0.4 is 10.7 Å². The molecule has 0 spiro atoms. The van der Waals surface area contributed by atoms with Crippen LogP contribution in [0.1, 0.15) is 16.1 Å². The van der Waals surface area contributed by atoms with E-state index in [1.54, 1.807) is 6.92 Å². The maximum atomic E-state index is 11.0. The van der Waals surface area contributed by atoms with E-state index >= 15 is 0 Å². The SMILES string of the molecule is CNC(=O)c1occc(=O)c1C. The van der Waals surface area contributed by atoms with Gasteiger partial charge >= 0.3 is 0 Å². The number of rotatable bonds is 1. The Bertz CT molecular complexity index is 354. The molecule has 0 radical (unpaired) electrons. The molecule has 0 unspecified atom stereocenters. The van der Waals surface area contributed by atoms with Crippen LogP contribution in [-0.2, 0) is 0 Å². The summed E-state index contributed by atoms with van der Waals surface area (Å²) in [5.41, 5.74) is 0.136. The van der Waals surface area contributed by atoms with E-state index in [2.05, 4.69) is 5.32 Å². The minimum absolute atomic E-state index is 0.0741.